The van der Waals surface area contributed by atoms with Gasteiger partial charge in [0, 0.05) is 53.8 Å². The number of hydrogen-bond acceptors (Lipinski definition) is 5. The number of aliphatic hydroxyl groups excluding tert-OH is 1. The maximum atomic E-state index is 9.36. The molecule has 0 radical (unpaired) electrons. The number of nitrogens with one attached hydrogen (secondary N) is 1. The molecule has 1 saturated heterocycles. The highest BCUT2D eigenvalue weighted by Crippen LogP contribution is 2.31. The van der Waals surface area contributed by atoms with E-state index < -0.39 is 0 Å². The van der Waals surface area contributed by atoms with E-state index in [-0.39, 0.29) is 12.2 Å². The van der Waals surface area contributed by atoms with E-state index >= 15 is 0 Å². The van der Waals surface area contributed by atoms with Crippen molar-refractivity contribution in [3.63, 3.8) is 0 Å². The second-order valence-corrected chi connectivity index (χ2v) is 6.50. The van der Waals surface area contributed by atoms with Crippen LogP contribution in [0.1, 0.15) is 24.5 Å². The van der Waals surface area contributed by atoms with E-state index in [1.807, 2.05) is 6.07 Å². The molecule has 2 N–H and O–H groups in total. The van der Waals surface area contributed by atoms with Crippen molar-refractivity contribution in [3.05, 3.63) is 23.9 Å². The Bertz CT molecular complexity index is 440. The van der Waals surface area contributed by atoms with E-state index in [9.17, 15) is 5.11 Å². The summed E-state index contributed by atoms with van der Waals surface area (Å²) in [5, 5.41) is 12.8. The van der Waals surface area contributed by atoms with Gasteiger partial charge in [-0.05, 0) is 18.9 Å². The fourth-order valence-electron chi connectivity index (χ4n) is 2.50. The first-order valence-electron chi connectivity index (χ1n) is 6.64. The Morgan fingerprint density at radius 1 is 1.47 bits per heavy atom. The SMILES string of the molecule is OC1CC(Nc2ncccc2C2CN(I)CCO2)C1. The summed E-state index contributed by atoms with van der Waals surface area (Å²) in [5.41, 5.74) is 1.12. The van der Waals surface area contributed by atoms with E-state index in [1.54, 1.807) is 6.20 Å². The Balaban J connectivity index is 1.73. The summed E-state index contributed by atoms with van der Waals surface area (Å²) < 4.78 is 8.10. The topological polar surface area (TPSA) is 57.6 Å². The molecule has 1 aromatic heterocycles. The number of rotatable bonds is 3. The molecule has 2 heterocycles. The molecule has 6 heteroatoms. The molecule has 1 atom stereocenters. The molecular weight excluding hydrogens is 357 g/mol. The van der Waals surface area contributed by atoms with E-state index in [4.69, 9.17) is 4.74 Å². The van der Waals surface area contributed by atoms with Gasteiger partial charge in [0.1, 0.15) is 5.82 Å². The lowest BCUT2D eigenvalue weighted by atomic mass is 9.89. The highest BCUT2D eigenvalue weighted by atomic mass is 127. The van der Waals surface area contributed by atoms with Crippen molar-refractivity contribution in [1.29, 1.82) is 0 Å². The quantitative estimate of drug-likeness (QED) is 0.623. The van der Waals surface area contributed by atoms with E-state index in [0.29, 0.717) is 6.04 Å². The predicted octanol–water partition coefficient (Wildman–Crippen LogP) is 1.74. The Morgan fingerprint density at radius 3 is 3.05 bits per heavy atom. The van der Waals surface area contributed by atoms with Gasteiger partial charge in [-0.25, -0.2) is 8.10 Å². The Labute approximate surface area is 126 Å². The molecule has 1 saturated carbocycles. The molecule has 0 bridgehead atoms. The van der Waals surface area contributed by atoms with Crippen LogP contribution < -0.4 is 5.32 Å². The average molecular weight is 375 g/mol. The van der Waals surface area contributed by atoms with Crippen molar-refractivity contribution in [1.82, 2.24) is 8.10 Å². The minimum Gasteiger partial charge on any atom is -0.393 e. The first kappa shape index (κ1) is 13.5. The zero-order valence-electron chi connectivity index (χ0n) is 10.6. The largest absolute Gasteiger partial charge is 0.393 e. The Morgan fingerprint density at radius 2 is 2.32 bits per heavy atom. The number of hydrogen-bond donors (Lipinski definition) is 2. The number of aliphatic hydroxyl groups is 1. The van der Waals surface area contributed by atoms with Crippen molar-refractivity contribution in [2.75, 3.05) is 25.0 Å². The maximum absolute atomic E-state index is 9.36. The van der Waals surface area contributed by atoms with Crippen LogP contribution in [-0.2, 0) is 4.74 Å². The smallest absolute Gasteiger partial charge is 0.132 e. The van der Waals surface area contributed by atoms with Gasteiger partial charge in [0.2, 0.25) is 0 Å². The molecule has 1 aliphatic heterocycles. The molecule has 19 heavy (non-hydrogen) atoms. The van der Waals surface area contributed by atoms with Crippen LogP contribution in [0.4, 0.5) is 5.82 Å². The summed E-state index contributed by atoms with van der Waals surface area (Å²) in [6.07, 6.45) is 3.33. The van der Waals surface area contributed by atoms with Crippen molar-refractivity contribution >= 4 is 28.7 Å². The third-order valence-electron chi connectivity index (χ3n) is 3.66. The number of nitrogens with zero attached hydrogens (tertiary/aromatic N) is 2. The molecule has 5 nitrogen and oxygen atoms in total. The molecule has 0 spiro atoms. The summed E-state index contributed by atoms with van der Waals surface area (Å²) in [6, 6.07) is 4.36. The van der Waals surface area contributed by atoms with Crippen LogP contribution in [0.25, 0.3) is 0 Å². The minimum absolute atomic E-state index is 0.0758. The molecule has 1 aromatic rings. The average Bonchev–Trinajstić information content (AvgIpc) is 2.37. The normalized spacial score (nSPS) is 31.8. The monoisotopic (exact) mass is 375 g/mol. The van der Waals surface area contributed by atoms with Crippen molar-refractivity contribution in [2.24, 2.45) is 0 Å². The summed E-state index contributed by atoms with van der Waals surface area (Å²) in [5.74, 6) is 0.899. The zero-order chi connectivity index (χ0) is 13.2. The first-order valence-corrected chi connectivity index (χ1v) is 7.60. The molecule has 1 unspecified atom stereocenters. The summed E-state index contributed by atoms with van der Waals surface area (Å²) in [6.45, 7) is 2.60. The number of ether oxygens (including phenoxy) is 1. The Hall–Kier alpha value is -0.440. The number of morpholine rings is 1. The molecule has 0 aromatic carbocycles. The van der Waals surface area contributed by atoms with Gasteiger partial charge in [0.25, 0.3) is 0 Å². The number of halogens is 1. The van der Waals surface area contributed by atoms with Gasteiger partial charge < -0.3 is 15.2 Å². The van der Waals surface area contributed by atoms with Gasteiger partial charge in [-0.1, -0.05) is 6.07 Å². The zero-order valence-corrected chi connectivity index (χ0v) is 12.8. The highest BCUT2D eigenvalue weighted by molar-refractivity contribution is 14.1. The third-order valence-corrected chi connectivity index (χ3v) is 4.53. The standard InChI is InChI=1S/C13H18IN3O2/c14-17-4-5-19-12(8-17)11-2-1-3-15-13(11)16-9-6-10(18)7-9/h1-3,9-10,12,18H,4-8H2,(H,15,16). The van der Waals surface area contributed by atoms with Gasteiger partial charge in [-0.3, -0.25) is 0 Å². The fraction of sp³-hybridized carbons (Fsp3) is 0.615. The summed E-state index contributed by atoms with van der Waals surface area (Å²) in [7, 11) is 0. The Kier molecular flexibility index (Phi) is 4.21. The molecule has 1 aliphatic carbocycles. The molecule has 0 amide bonds. The van der Waals surface area contributed by atoms with Gasteiger partial charge in [0.05, 0.1) is 18.8 Å². The van der Waals surface area contributed by atoms with Crippen LogP contribution in [0, 0.1) is 0 Å². The predicted molar refractivity (Wildman–Crippen MR) is 81.2 cm³/mol. The third kappa shape index (κ3) is 3.18. The lowest BCUT2D eigenvalue weighted by Gasteiger charge is -2.34. The lowest BCUT2D eigenvalue weighted by Crippen LogP contribution is -2.40. The highest BCUT2D eigenvalue weighted by Gasteiger charge is 2.29. The minimum atomic E-state index is -0.152. The van der Waals surface area contributed by atoms with E-state index in [2.05, 4.69) is 42.3 Å². The molecule has 2 aliphatic rings. The van der Waals surface area contributed by atoms with Crippen LogP contribution in [0.2, 0.25) is 0 Å². The van der Waals surface area contributed by atoms with Crippen LogP contribution in [0.15, 0.2) is 18.3 Å². The number of anilines is 1. The molecule has 104 valence electrons. The maximum Gasteiger partial charge on any atom is 0.132 e. The van der Waals surface area contributed by atoms with Crippen molar-refractivity contribution < 1.29 is 9.84 Å². The fourth-order valence-corrected chi connectivity index (χ4v) is 3.06. The van der Waals surface area contributed by atoms with E-state index in [0.717, 1.165) is 43.9 Å². The lowest BCUT2D eigenvalue weighted by molar-refractivity contribution is 0.00588. The van der Waals surface area contributed by atoms with Crippen molar-refractivity contribution in [2.45, 2.75) is 31.1 Å². The van der Waals surface area contributed by atoms with E-state index in [1.165, 1.54) is 0 Å². The van der Waals surface area contributed by atoms with Gasteiger partial charge in [0.15, 0.2) is 0 Å². The summed E-state index contributed by atoms with van der Waals surface area (Å²) >= 11 is 2.34. The van der Waals surface area contributed by atoms with Crippen LogP contribution >= 0.6 is 22.9 Å². The van der Waals surface area contributed by atoms with Crippen LogP contribution in [-0.4, -0.2) is 45.0 Å². The second kappa shape index (κ2) is 5.90. The first-order chi connectivity index (χ1) is 9.22. The molecular formula is C13H18IN3O2. The molecule has 3 rings (SSSR count). The molecule has 2 fully saturated rings. The van der Waals surface area contributed by atoms with Crippen LogP contribution in [0.3, 0.4) is 0 Å². The van der Waals surface area contributed by atoms with Crippen molar-refractivity contribution in [3.8, 4) is 0 Å². The van der Waals surface area contributed by atoms with Gasteiger partial charge in [-0.2, -0.15) is 0 Å². The summed E-state index contributed by atoms with van der Waals surface area (Å²) in [4.78, 5) is 4.43. The number of pyridine rings is 1. The van der Waals surface area contributed by atoms with Crippen LogP contribution in [0.5, 0.6) is 0 Å². The second-order valence-electron chi connectivity index (χ2n) is 5.14. The van der Waals surface area contributed by atoms with Gasteiger partial charge in [-0.15, -0.1) is 0 Å². The van der Waals surface area contributed by atoms with Gasteiger partial charge >= 0.3 is 0 Å². The number of aromatic nitrogens is 1.